The Morgan fingerprint density at radius 2 is 1.60 bits per heavy atom. The van der Waals surface area contributed by atoms with Gasteiger partial charge in [-0.1, -0.05) is 63.0 Å². The Balaban J connectivity index is 0.00000248. The number of hydrazine groups is 1. The topological polar surface area (TPSA) is 58.2 Å². The minimum absolute atomic E-state index is 0.121. The lowest BCUT2D eigenvalue weighted by Crippen LogP contribution is -2.51. The fourth-order valence-electron chi connectivity index (χ4n) is 5.81. The van der Waals surface area contributed by atoms with Crippen LogP contribution in [-0.4, -0.2) is 120 Å². The standard InChI is InChI=1S/C33H49N7O.C2H6/c1-7-8-9-10-11-14-36(6)35-32-28(25-41)24-34-33-30(32)23-29(39-19-15-37(16-20-39)26(2)3)12-13-31(33)40-21-17-38(18-22-40)27(4)5;1-2/h7-13,23-27,29,35H,1,14-22H2,2-6H3;1-2H3/b9-8-,11-10-;. The fraction of sp³-hybridized carbons (Fsp3) is 0.543. The summed E-state index contributed by atoms with van der Waals surface area (Å²) < 4.78 is 0. The van der Waals surface area contributed by atoms with Crippen molar-refractivity contribution < 1.29 is 4.79 Å². The number of piperazine rings is 2. The number of allylic oxidation sites excluding steroid dienone is 4. The Morgan fingerprint density at radius 3 is 2.19 bits per heavy atom. The van der Waals surface area contributed by atoms with Crippen molar-refractivity contribution in [2.45, 2.75) is 59.7 Å². The van der Waals surface area contributed by atoms with E-state index >= 15 is 0 Å². The number of hydrogen-bond acceptors (Lipinski definition) is 8. The first kappa shape index (κ1) is 34.5. The molecule has 0 bridgehead atoms. The molecule has 1 unspecified atom stereocenters. The summed E-state index contributed by atoms with van der Waals surface area (Å²) in [5.74, 6) is 0. The smallest absolute Gasteiger partial charge is 0.153 e. The third-order valence-corrected chi connectivity index (χ3v) is 8.37. The number of carbonyl (C=O) groups excluding carboxylic acids is 1. The fourth-order valence-corrected chi connectivity index (χ4v) is 5.81. The summed E-state index contributed by atoms with van der Waals surface area (Å²) >= 11 is 0. The molecule has 2 saturated heterocycles. The summed E-state index contributed by atoms with van der Waals surface area (Å²) in [6.45, 7) is 25.6. The highest BCUT2D eigenvalue weighted by Gasteiger charge is 2.26. The second-order valence-corrected chi connectivity index (χ2v) is 11.7. The van der Waals surface area contributed by atoms with Gasteiger partial charge in [0.05, 0.1) is 22.3 Å². The first-order valence-corrected chi connectivity index (χ1v) is 16.1. The van der Waals surface area contributed by atoms with Crippen LogP contribution in [0.4, 0.5) is 5.69 Å². The highest BCUT2D eigenvalue weighted by molar-refractivity contribution is 5.84. The normalized spacial score (nSPS) is 20.4. The Morgan fingerprint density at radius 1 is 0.977 bits per heavy atom. The van der Waals surface area contributed by atoms with E-state index in [-0.39, 0.29) is 6.04 Å². The van der Waals surface area contributed by atoms with E-state index in [1.807, 2.05) is 44.1 Å². The van der Waals surface area contributed by atoms with Crippen LogP contribution in [0.5, 0.6) is 0 Å². The number of aldehydes is 1. The molecule has 2 aliphatic heterocycles. The van der Waals surface area contributed by atoms with Crippen molar-refractivity contribution in [3.8, 4) is 0 Å². The van der Waals surface area contributed by atoms with E-state index in [4.69, 9.17) is 4.98 Å². The summed E-state index contributed by atoms with van der Waals surface area (Å²) in [5.41, 5.74) is 6.06. The summed E-state index contributed by atoms with van der Waals surface area (Å²) in [5, 5.41) is 3.94. The van der Waals surface area contributed by atoms with Crippen molar-refractivity contribution >= 4 is 23.7 Å². The van der Waals surface area contributed by atoms with Gasteiger partial charge in [-0.25, -0.2) is 5.01 Å². The van der Waals surface area contributed by atoms with E-state index in [0.717, 1.165) is 80.6 Å². The molecule has 1 aromatic heterocycles. The number of hydrogen-bond donors (Lipinski definition) is 1. The molecule has 8 heteroatoms. The molecule has 236 valence electrons. The molecule has 0 spiro atoms. The second kappa shape index (κ2) is 17.3. The van der Waals surface area contributed by atoms with Crippen LogP contribution in [0, 0.1) is 0 Å². The molecule has 3 heterocycles. The molecule has 1 aromatic rings. The van der Waals surface area contributed by atoms with Gasteiger partial charge in [0, 0.05) is 95.5 Å². The zero-order chi connectivity index (χ0) is 31.4. The molecule has 0 saturated carbocycles. The molecule has 2 fully saturated rings. The van der Waals surface area contributed by atoms with Gasteiger partial charge in [0.2, 0.25) is 0 Å². The van der Waals surface area contributed by atoms with Crippen LogP contribution in [0.3, 0.4) is 0 Å². The summed E-state index contributed by atoms with van der Waals surface area (Å²) in [6.07, 6.45) is 19.2. The lowest BCUT2D eigenvalue weighted by atomic mass is 10.1. The van der Waals surface area contributed by atoms with Crippen molar-refractivity contribution in [2.24, 2.45) is 0 Å². The zero-order valence-corrected chi connectivity index (χ0v) is 27.7. The monoisotopic (exact) mass is 589 g/mol. The number of aromatic nitrogens is 1. The molecule has 1 N–H and O–H groups in total. The van der Waals surface area contributed by atoms with Gasteiger partial charge in [-0.15, -0.1) is 0 Å². The van der Waals surface area contributed by atoms with E-state index in [9.17, 15) is 4.79 Å². The predicted octanol–water partition coefficient (Wildman–Crippen LogP) is 3.36. The molecular formula is C35H55N7O. The number of anilines is 1. The van der Waals surface area contributed by atoms with Gasteiger partial charge < -0.3 is 10.3 Å². The quantitative estimate of drug-likeness (QED) is 0.240. The second-order valence-electron chi connectivity index (χ2n) is 11.7. The molecule has 1 atom stereocenters. The molecule has 3 aliphatic rings. The lowest BCUT2D eigenvalue weighted by molar-refractivity contribution is 0.105. The number of rotatable bonds is 11. The van der Waals surface area contributed by atoms with Gasteiger partial charge in [0.1, 0.15) is 0 Å². The summed E-state index contributed by atoms with van der Waals surface area (Å²) in [4.78, 5) is 27.3. The van der Waals surface area contributed by atoms with Crippen molar-refractivity contribution in [1.29, 1.82) is 0 Å². The van der Waals surface area contributed by atoms with Gasteiger partial charge in [-0.2, -0.15) is 0 Å². The van der Waals surface area contributed by atoms with Crippen molar-refractivity contribution in [3.05, 3.63) is 71.4 Å². The number of pyridine rings is 1. The van der Waals surface area contributed by atoms with Gasteiger partial charge >= 0.3 is 0 Å². The van der Waals surface area contributed by atoms with Gasteiger partial charge in [-0.05, 0) is 33.8 Å². The maximum atomic E-state index is 12.3. The largest absolute Gasteiger partial charge is 0.367 e. The van der Waals surface area contributed by atoms with Crippen molar-refractivity contribution in [2.75, 3.05) is 71.4 Å². The van der Waals surface area contributed by atoms with Gasteiger partial charge in [0.25, 0.3) is 0 Å². The number of carbonyl (C=O) groups is 1. The molecule has 8 nitrogen and oxygen atoms in total. The average Bonchev–Trinajstić information content (AvgIpc) is 3.22. The van der Waals surface area contributed by atoms with Crippen LogP contribution < -0.4 is 16.0 Å². The SMILES string of the molecule is C=C/C=C\C=C/CN(C)Nc1c(C=O)cnc2c1=CC(N1CCN(C(C)C)CC1)C=CC=2N1CCN(C(C)C)CC1.CC. The highest BCUT2D eigenvalue weighted by Crippen LogP contribution is 2.18. The first-order valence-electron chi connectivity index (χ1n) is 16.1. The molecule has 1 aliphatic carbocycles. The molecular weight excluding hydrogens is 534 g/mol. The van der Waals surface area contributed by atoms with Gasteiger partial charge in [0.15, 0.2) is 6.29 Å². The maximum absolute atomic E-state index is 12.3. The number of nitrogens with one attached hydrogen (secondary N) is 1. The Bertz CT molecular complexity index is 1250. The van der Waals surface area contributed by atoms with Crippen LogP contribution >= 0.6 is 0 Å². The Labute approximate surface area is 260 Å². The molecule has 0 radical (unpaired) electrons. The van der Waals surface area contributed by atoms with Crippen molar-refractivity contribution in [3.63, 3.8) is 0 Å². The van der Waals surface area contributed by atoms with Crippen molar-refractivity contribution in [1.82, 2.24) is 29.6 Å². The van der Waals surface area contributed by atoms with E-state index in [1.54, 1.807) is 12.3 Å². The number of likely N-dealkylation sites (N-methyl/N-ethyl adjacent to an activating group) is 1. The lowest BCUT2D eigenvalue weighted by Gasteiger charge is -2.39. The van der Waals surface area contributed by atoms with Crippen LogP contribution in [0.15, 0.2) is 55.3 Å². The maximum Gasteiger partial charge on any atom is 0.153 e. The minimum Gasteiger partial charge on any atom is -0.367 e. The summed E-state index contributed by atoms with van der Waals surface area (Å²) in [6, 6.07) is 1.22. The first-order chi connectivity index (χ1) is 20.8. The Hall–Kier alpha value is -3.04. The zero-order valence-electron chi connectivity index (χ0n) is 27.7. The molecule has 4 rings (SSSR count). The highest BCUT2D eigenvalue weighted by atomic mass is 16.1. The molecule has 0 amide bonds. The number of fused-ring (bicyclic) bond motifs is 1. The van der Waals surface area contributed by atoms with Crippen LogP contribution in [0.25, 0.3) is 11.8 Å². The van der Waals surface area contributed by atoms with Crippen LogP contribution in [0.1, 0.15) is 51.9 Å². The molecule has 0 aromatic carbocycles. The third kappa shape index (κ3) is 9.22. The van der Waals surface area contributed by atoms with Gasteiger partial charge in [-0.3, -0.25) is 24.5 Å². The van der Waals surface area contributed by atoms with E-state index in [0.29, 0.717) is 24.2 Å². The third-order valence-electron chi connectivity index (χ3n) is 8.37. The number of nitrogens with zero attached hydrogens (tertiary/aromatic N) is 6. The molecule has 43 heavy (non-hydrogen) atoms. The van der Waals surface area contributed by atoms with Crippen LogP contribution in [-0.2, 0) is 0 Å². The van der Waals surface area contributed by atoms with E-state index in [2.05, 4.69) is 83.6 Å². The average molecular weight is 590 g/mol. The summed E-state index contributed by atoms with van der Waals surface area (Å²) in [7, 11) is 2.00. The van der Waals surface area contributed by atoms with E-state index in [1.165, 1.54) is 0 Å². The Kier molecular flexibility index (Phi) is 13.9. The minimum atomic E-state index is 0.121. The van der Waals surface area contributed by atoms with E-state index < -0.39 is 0 Å². The predicted molar refractivity (Wildman–Crippen MR) is 182 cm³/mol. The van der Waals surface area contributed by atoms with Crippen LogP contribution in [0.2, 0.25) is 0 Å².